The molecule has 1 aliphatic rings. The van der Waals surface area contributed by atoms with Crippen molar-refractivity contribution in [3.05, 3.63) is 25.5 Å². The Morgan fingerprint density at radius 1 is 1.18 bits per heavy atom. The summed E-state index contributed by atoms with van der Waals surface area (Å²) in [5, 5.41) is 0. The quantitative estimate of drug-likeness (QED) is 0.379. The standard InChI is InChI=1S/C6H11.C4H7.Mg/c1-2-4-6-5-3-1;1-3-4-2;/h1H,2-6H2;3-4H,1H2,2H3;/q2*-1;+2. The van der Waals surface area contributed by atoms with Crippen molar-refractivity contribution in [2.75, 3.05) is 0 Å². The van der Waals surface area contributed by atoms with E-state index in [1.807, 2.05) is 13.0 Å². The minimum Gasteiger partial charge on any atom is -0.328 e. The van der Waals surface area contributed by atoms with Gasteiger partial charge in [-0.1, -0.05) is 19.3 Å². The van der Waals surface area contributed by atoms with E-state index >= 15 is 0 Å². The van der Waals surface area contributed by atoms with Gasteiger partial charge in [0.25, 0.3) is 0 Å². The molecule has 11 heavy (non-hydrogen) atoms. The third kappa shape index (κ3) is 13.4. The minimum absolute atomic E-state index is 0. The Balaban J connectivity index is 0. The SMILES string of the molecule is [CH-]1CCCCC1.[CH2-]C=CC.[Mg+2]. The number of hydrogen-bond acceptors (Lipinski definition) is 0. The number of allylic oxidation sites excluding steroid dienone is 2. The van der Waals surface area contributed by atoms with Crippen LogP contribution in [-0.2, 0) is 0 Å². The van der Waals surface area contributed by atoms with Gasteiger partial charge >= 0.3 is 23.1 Å². The smallest absolute Gasteiger partial charge is 0.328 e. The molecule has 0 amide bonds. The number of rotatable bonds is 0. The van der Waals surface area contributed by atoms with Gasteiger partial charge < -0.3 is 6.42 Å². The molecule has 0 N–H and O–H groups in total. The van der Waals surface area contributed by atoms with Crippen LogP contribution in [0.1, 0.15) is 39.0 Å². The van der Waals surface area contributed by atoms with E-state index in [0.717, 1.165) is 0 Å². The van der Waals surface area contributed by atoms with Crippen LogP contribution in [-0.4, -0.2) is 23.1 Å². The topological polar surface area (TPSA) is 0 Å². The molecular weight excluding hydrogens is 144 g/mol. The fourth-order valence-electron chi connectivity index (χ4n) is 0.898. The van der Waals surface area contributed by atoms with Crippen molar-refractivity contribution in [2.24, 2.45) is 0 Å². The Bertz CT molecular complexity index is 57.4. The van der Waals surface area contributed by atoms with Gasteiger partial charge in [0.05, 0.1) is 0 Å². The monoisotopic (exact) mass is 162 g/mol. The molecule has 0 unspecified atom stereocenters. The van der Waals surface area contributed by atoms with Crippen molar-refractivity contribution >= 4 is 23.1 Å². The molecular formula is C10H18Mg. The Morgan fingerprint density at radius 3 is 1.73 bits per heavy atom. The molecule has 1 heteroatoms. The minimum atomic E-state index is 0. The summed E-state index contributed by atoms with van der Waals surface area (Å²) in [4.78, 5) is 0. The molecule has 1 saturated carbocycles. The van der Waals surface area contributed by atoms with Crippen LogP contribution in [0.2, 0.25) is 0 Å². The first kappa shape index (κ1) is 13.9. The van der Waals surface area contributed by atoms with Gasteiger partial charge in [0, 0.05) is 0 Å². The van der Waals surface area contributed by atoms with E-state index < -0.39 is 0 Å². The van der Waals surface area contributed by atoms with E-state index in [0.29, 0.717) is 0 Å². The van der Waals surface area contributed by atoms with Gasteiger partial charge in [-0.15, -0.1) is 6.92 Å². The maximum Gasteiger partial charge on any atom is 2.00 e. The molecule has 1 fully saturated rings. The first-order chi connectivity index (χ1) is 4.91. The fraction of sp³-hybridized carbons (Fsp3) is 0.600. The Kier molecular flexibility index (Phi) is 16.5. The third-order valence-corrected chi connectivity index (χ3v) is 1.55. The zero-order valence-corrected chi connectivity index (χ0v) is 9.10. The van der Waals surface area contributed by atoms with E-state index in [9.17, 15) is 0 Å². The summed E-state index contributed by atoms with van der Waals surface area (Å²) in [6.07, 6.45) is 13.1. The predicted molar refractivity (Wildman–Crippen MR) is 53.3 cm³/mol. The molecule has 0 bridgehead atoms. The molecule has 0 aromatic carbocycles. The zero-order chi connectivity index (χ0) is 7.66. The molecule has 0 atom stereocenters. The zero-order valence-electron chi connectivity index (χ0n) is 7.68. The second kappa shape index (κ2) is 13.0. The van der Waals surface area contributed by atoms with Crippen LogP contribution in [0.3, 0.4) is 0 Å². The largest absolute Gasteiger partial charge is 2.00 e. The molecule has 0 spiro atoms. The molecule has 0 aromatic rings. The molecule has 0 nitrogen and oxygen atoms in total. The number of hydrogen-bond donors (Lipinski definition) is 0. The van der Waals surface area contributed by atoms with Crippen LogP contribution in [0, 0.1) is 13.3 Å². The second-order valence-electron chi connectivity index (χ2n) is 2.50. The van der Waals surface area contributed by atoms with E-state index in [1.54, 1.807) is 6.08 Å². The summed E-state index contributed by atoms with van der Waals surface area (Å²) in [6.45, 7) is 5.36. The van der Waals surface area contributed by atoms with Gasteiger partial charge in [-0.25, -0.2) is 19.1 Å². The second-order valence-corrected chi connectivity index (χ2v) is 2.50. The van der Waals surface area contributed by atoms with E-state index in [4.69, 9.17) is 0 Å². The normalized spacial score (nSPS) is 16.5. The average molecular weight is 163 g/mol. The van der Waals surface area contributed by atoms with Crippen LogP contribution in [0.25, 0.3) is 0 Å². The first-order valence-electron chi connectivity index (χ1n) is 4.14. The first-order valence-corrected chi connectivity index (χ1v) is 4.14. The molecule has 0 aromatic heterocycles. The average Bonchev–Trinajstić information content (AvgIpc) is 2.08. The molecule has 0 saturated heterocycles. The third-order valence-electron chi connectivity index (χ3n) is 1.55. The Labute approximate surface area is 87.6 Å². The molecule has 0 aliphatic heterocycles. The molecule has 0 heterocycles. The van der Waals surface area contributed by atoms with E-state index in [1.165, 1.54) is 32.1 Å². The Morgan fingerprint density at radius 2 is 1.64 bits per heavy atom. The molecule has 1 rings (SSSR count). The van der Waals surface area contributed by atoms with E-state index in [-0.39, 0.29) is 23.1 Å². The van der Waals surface area contributed by atoms with Crippen molar-refractivity contribution in [1.29, 1.82) is 0 Å². The van der Waals surface area contributed by atoms with Gasteiger partial charge in [0.1, 0.15) is 0 Å². The summed E-state index contributed by atoms with van der Waals surface area (Å²) < 4.78 is 0. The van der Waals surface area contributed by atoms with Crippen LogP contribution >= 0.6 is 0 Å². The molecule has 0 radical (unpaired) electrons. The van der Waals surface area contributed by atoms with Crippen molar-refractivity contribution in [3.63, 3.8) is 0 Å². The predicted octanol–water partition coefficient (Wildman–Crippen LogP) is 3.17. The summed E-state index contributed by atoms with van der Waals surface area (Å²) in [6, 6.07) is 0. The molecule has 1 aliphatic carbocycles. The van der Waals surface area contributed by atoms with Crippen LogP contribution < -0.4 is 0 Å². The van der Waals surface area contributed by atoms with Gasteiger partial charge in [-0.2, -0.15) is 12.8 Å². The van der Waals surface area contributed by atoms with Crippen LogP contribution in [0.5, 0.6) is 0 Å². The maximum absolute atomic E-state index is 3.42. The summed E-state index contributed by atoms with van der Waals surface area (Å²) >= 11 is 0. The van der Waals surface area contributed by atoms with Crippen molar-refractivity contribution in [2.45, 2.75) is 39.0 Å². The summed E-state index contributed by atoms with van der Waals surface area (Å²) in [5.41, 5.74) is 0. The van der Waals surface area contributed by atoms with Gasteiger partial charge in [-0.3, -0.25) is 0 Å². The van der Waals surface area contributed by atoms with Gasteiger partial charge in [0.15, 0.2) is 0 Å². The van der Waals surface area contributed by atoms with Crippen LogP contribution in [0.4, 0.5) is 0 Å². The summed E-state index contributed by atoms with van der Waals surface area (Å²) in [7, 11) is 0. The van der Waals surface area contributed by atoms with Crippen molar-refractivity contribution in [1.82, 2.24) is 0 Å². The van der Waals surface area contributed by atoms with Gasteiger partial charge in [-0.05, 0) is 0 Å². The van der Waals surface area contributed by atoms with Crippen LogP contribution in [0.15, 0.2) is 12.2 Å². The van der Waals surface area contributed by atoms with E-state index in [2.05, 4.69) is 13.3 Å². The van der Waals surface area contributed by atoms with Crippen molar-refractivity contribution < 1.29 is 0 Å². The molecule has 60 valence electrons. The van der Waals surface area contributed by atoms with Gasteiger partial charge in [0.2, 0.25) is 0 Å². The Hall–Kier alpha value is 0.376. The fourth-order valence-corrected chi connectivity index (χ4v) is 0.898. The maximum atomic E-state index is 3.42. The summed E-state index contributed by atoms with van der Waals surface area (Å²) in [5.74, 6) is 0. The van der Waals surface area contributed by atoms with Crippen molar-refractivity contribution in [3.8, 4) is 0 Å².